The van der Waals surface area contributed by atoms with E-state index in [4.69, 9.17) is 9.47 Å². The first-order chi connectivity index (χ1) is 10.3. The van der Waals surface area contributed by atoms with Gasteiger partial charge in [0.05, 0.1) is 12.3 Å². The van der Waals surface area contributed by atoms with E-state index < -0.39 is 0 Å². The number of halogens is 1. The average Bonchev–Trinajstić information content (AvgIpc) is 2.76. The van der Waals surface area contributed by atoms with Crippen molar-refractivity contribution in [3.8, 4) is 5.75 Å². The van der Waals surface area contributed by atoms with Crippen molar-refractivity contribution < 1.29 is 13.9 Å². The van der Waals surface area contributed by atoms with Crippen molar-refractivity contribution in [1.29, 1.82) is 0 Å². The fourth-order valence-corrected chi connectivity index (χ4v) is 2.39. The predicted octanol–water partition coefficient (Wildman–Crippen LogP) is 2.43. The van der Waals surface area contributed by atoms with E-state index in [0.29, 0.717) is 24.7 Å². The Balaban J connectivity index is 1.87. The van der Waals surface area contributed by atoms with Gasteiger partial charge in [-0.15, -0.1) is 0 Å². The molecule has 4 nitrogen and oxygen atoms in total. The van der Waals surface area contributed by atoms with Gasteiger partial charge >= 0.3 is 0 Å². The first-order valence-corrected chi connectivity index (χ1v) is 7.77. The molecular weight excluding hydrogens is 271 g/mol. The molecule has 1 saturated heterocycles. The Morgan fingerprint density at radius 3 is 2.90 bits per heavy atom. The molecule has 1 aliphatic rings. The summed E-state index contributed by atoms with van der Waals surface area (Å²) in [6.45, 7) is 7.40. The molecule has 1 heterocycles. The molecule has 1 aromatic carbocycles. The molecule has 118 valence electrons. The number of anilines is 1. The number of hydrogen-bond donors (Lipinski definition) is 1. The quantitative estimate of drug-likeness (QED) is 0.784. The summed E-state index contributed by atoms with van der Waals surface area (Å²) in [5.74, 6) is 0.341. The van der Waals surface area contributed by atoms with E-state index in [1.807, 2.05) is 12.1 Å². The molecule has 0 atom stereocenters. The Morgan fingerprint density at radius 2 is 2.10 bits per heavy atom. The maximum absolute atomic E-state index is 14.2. The number of rotatable bonds is 7. The topological polar surface area (TPSA) is 33.7 Å². The molecule has 0 radical (unpaired) electrons. The SMILES string of the molecule is CCCOCCOc1ccc(N2CCCNCC2)c(F)c1. The van der Waals surface area contributed by atoms with Crippen molar-refractivity contribution >= 4 is 5.69 Å². The molecule has 0 bridgehead atoms. The van der Waals surface area contributed by atoms with Gasteiger partial charge in [-0.25, -0.2) is 4.39 Å². The smallest absolute Gasteiger partial charge is 0.150 e. The second kappa shape index (κ2) is 8.85. The zero-order valence-corrected chi connectivity index (χ0v) is 12.7. The normalized spacial score (nSPS) is 15.8. The minimum absolute atomic E-state index is 0.219. The lowest BCUT2D eigenvalue weighted by atomic mass is 10.2. The van der Waals surface area contributed by atoms with Gasteiger partial charge in [0.2, 0.25) is 0 Å². The highest BCUT2D eigenvalue weighted by Gasteiger charge is 2.14. The van der Waals surface area contributed by atoms with Gasteiger partial charge in [0.15, 0.2) is 0 Å². The Labute approximate surface area is 126 Å². The van der Waals surface area contributed by atoms with E-state index >= 15 is 0 Å². The lowest BCUT2D eigenvalue weighted by molar-refractivity contribution is 0.100. The second-order valence-corrected chi connectivity index (χ2v) is 5.16. The van der Waals surface area contributed by atoms with E-state index in [1.54, 1.807) is 0 Å². The van der Waals surface area contributed by atoms with Gasteiger partial charge < -0.3 is 19.7 Å². The summed E-state index contributed by atoms with van der Waals surface area (Å²) in [4.78, 5) is 2.09. The van der Waals surface area contributed by atoms with Crippen LogP contribution in [0.25, 0.3) is 0 Å². The Morgan fingerprint density at radius 1 is 1.19 bits per heavy atom. The highest BCUT2D eigenvalue weighted by atomic mass is 19.1. The number of benzene rings is 1. The third-order valence-electron chi connectivity index (χ3n) is 3.44. The number of ether oxygens (including phenoxy) is 2. The molecular formula is C16H25FN2O2. The Kier molecular flexibility index (Phi) is 6.76. The van der Waals surface area contributed by atoms with Crippen LogP contribution in [-0.4, -0.2) is 46.0 Å². The van der Waals surface area contributed by atoms with Crippen LogP contribution in [0.2, 0.25) is 0 Å². The fraction of sp³-hybridized carbons (Fsp3) is 0.625. The van der Waals surface area contributed by atoms with Crippen molar-refractivity contribution in [2.45, 2.75) is 19.8 Å². The Bertz CT molecular complexity index is 421. The van der Waals surface area contributed by atoms with Gasteiger partial charge in [-0.1, -0.05) is 6.92 Å². The molecule has 1 aromatic rings. The van der Waals surface area contributed by atoms with E-state index in [0.717, 1.165) is 45.6 Å². The molecule has 0 spiro atoms. The third-order valence-corrected chi connectivity index (χ3v) is 3.44. The summed E-state index contributed by atoms with van der Waals surface area (Å²) >= 11 is 0. The van der Waals surface area contributed by atoms with Crippen LogP contribution in [0.15, 0.2) is 18.2 Å². The maximum atomic E-state index is 14.2. The van der Waals surface area contributed by atoms with Gasteiger partial charge in [-0.3, -0.25) is 0 Å². The zero-order valence-electron chi connectivity index (χ0n) is 12.7. The lowest BCUT2D eigenvalue weighted by Crippen LogP contribution is -2.28. The van der Waals surface area contributed by atoms with Gasteiger partial charge in [0.1, 0.15) is 18.2 Å². The molecule has 21 heavy (non-hydrogen) atoms. The third kappa shape index (κ3) is 5.17. The highest BCUT2D eigenvalue weighted by Crippen LogP contribution is 2.24. The summed E-state index contributed by atoms with van der Waals surface area (Å²) in [5, 5.41) is 3.32. The molecule has 2 rings (SSSR count). The largest absolute Gasteiger partial charge is 0.491 e. The van der Waals surface area contributed by atoms with E-state index in [1.165, 1.54) is 6.07 Å². The van der Waals surface area contributed by atoms with Gasteiger partial charge in [0, 0.05) is 32.3 Å². The summed E-state index contributed by atoms with van der Waals surface area (Å²) in [6.07, 6.45) is 2.03. The minimum atomic E-state index is -0.219. The first-order valence-electron chi connectivity index (χ1n) is 7.77. The molecule has 5 heteroatoms. The number of nitrogens with one attached hydrogen (secondary N) is 1. The fourth-order valence-electron chi connectivity index (χ4n) is 2.39. The zero-order chi connectivity index (χ0) is 14.9. The maximum Gasteiger partial charge on any atom is 0.150 e. The van der Waals surface area contributed by atoms with Crippen molar-refractivity contribution in [2.24, 2.45) is 0 Å². The van der Waals surface area contributed by atoms with Crippen LogP contribution in [0.4, 0.5) is 10.1 Å². The van der Waals surface area contributed by atoms with Crippen LogP contribution >= 0.6 is 0 Å². The molecule has 1 aliphatic heterocycles. The minimum Gasteiger partial charge on any atom is -0.491 e. The summed E-state index contributed by atoms with van der Waals surface area (Å²) < 4.78 is 25.1. The first kappa shape index (κ1) is 16.0. The molecule has 0 aromatic heterocycles. The van der Waals surface area contributed by atoms with Crippen molar-refractivity contribution in [3.05, 3.63) is 24.0 Å². The summed E-state index contributed by atoms with van der Waals surface area (Å²) in [7, 11) is 0. The molecule has 0 amide bonds. The molecule has 0 aliphatic carbocycles. The molecule has 1 N–H and O–H groups in total. The van der Waals surface area contributed by atoms with Crippen LogP contribution < -0.4 is 15.0 Å². The number of nitrogens with zero attached hydrogens (tertiary/aromatic N) is 1. The summed E-state index contributed by atoms with van der Waals surface area (Å²) in [6, 6.07) is 5.10. The second-order valence-electron chi connectivity index (χ2n) is 5.16. The number of hydrogen-bond acceptors (Lipinski definition) is 4. The van der Waals surface area contributed by atoms with Crippen LogP contribution in [0.1, 0.15) is 19.8 Å². The highest BCUT2D eigenvalue weighted by molar-refractivity contribution is 5.50. The van der Waals surface area contributed by atoms with Crippen molar-refractivity contribution in [3.63, 3.8) is 0 Å². The predicted molar refractivity (Wildman–Crippen MR) is 82.7 cm³/mol. The van der Waals surface area contributed by atoms with E-state index in [9.17, 15) is 4.39 Å². The van der Waals surface area contributed by atoms with Crippen molar-refractivity contribution in [1.82, 2.24) is 5.32 Å². The average molecular weight is 296 g/mol. The van der Waals surface area contributed by atoms with E-state index in [2.05, 4.69) is 17.1 Å². The lowest BCUT2D eigenvalue weighted by Gasteiger charge is -2.23. The van der Waals surface area contributed by atoms with E-state index in [-0.39, 0.29) is 5.82 Å². The van der Waals surface area contributed by atoms with Crippen LogP contribution in [0.5, 0.6) is 5.75 Å². The standard InChI is InChI=1S/C16H25FN2O2/c1-2-10-20-11-12-21-14-4-5-16(15(17)13-14)19-8-3-6-18-7-9-19/h4-5,13,18H,2-3,6-12H2,1H3. The van der Waals surface area contributed by atoms with Crippen LogP contribution in [-0.2, 0) is 4.74 Å². The summed E-state index contributed by atoms with van der Waals surface area (Å²) in [5.41, 5.74) is 0.660. The van der Waals surface area contributed by atoms with Crippen molar-refractivity contribution in [2.75, 3.05) is 50.9 Å². The van der Waals surface area contributed by atoms with Crippen LogP contribution in [0, 0.1) is 5.82 Å². The van der Waals surface area contributed by atoms with Gasteiger partial charge in [-0.2, -0.15) is 0 Å². The Hall–Kier alpha value is -1.33. The van der Waals surface area contributed by atoms with Gasteiger partial charge in [0.25, 0.3) is 0 Å². The van der Waals surface area contributed by atoms with Crippen LogP contribution in [0.3, 0.4) is 0 Å². The molecule has 1 fully saturated rings. The molecule has 0 saturated carbocycles. The van der Waals surface area contributed by atoms with Gasteiger partial charge in [-0.05, 0) is 31.5 Å². The monoisotopic (exact) mass is 296 g/mol. The molecule has 0 unspecified atom stereocenters.